The quantitative estimate of drug-likeness (QED) is 0.828. The summed E-state index contributed by atoms with van der Waals surface area (Å²) in [5.74, 6) is 0.177. The van der Waals surface area contributed by atoms with E-state index < -0.39 is 6.03 Å². The number of likely N-dealkylation sites (tertiary alicyclic amines) is 1. The van der Waals surface area contributed by atoms with Gasteiger partial charge in [-0.2, -0.15) is 0 Å². The second-order valence-corrected chi connectivity index (χ2v) is 7.74. The Hall–Kier alpha value is -2.66. The number of carbonyl (C=O) groups excluding carboxylic acids is 2. The van der Waals surface area contributed by atoms with Crippen LogP contribution in [0.3, 0.4) is 0 Å². The lowest BCUT2D eigenvalue weighted by Gasteiger charge is -2.32. The van der Waals surface area contributed by atoms with Gasteiger partial charge in [0.05, 0.1) is 0 Å². The number of urea groups is 1. The zero-order valence-corrected chi connectivity index (χ0v) is 16.7. The molecule has 0 unspecified atom stereocenters. The second kappa shape index (κ2) is 9.51. The van der Waals surface area contributed by atoms with Crippen molar-refractivity contribution in [1.29, 1.82) is 0 Å². The van der Waals surface area contributed by atoms with Gasteiger partial charge in [0.15, 0.2) is 0 Å². The maximum Gasteiger partial charge on any atom is 0.321 e. The third-order valence-corrected chi connectivity index (χ3v) is 5.24. The normalized spacial score (nSPS) is 15.4. The fourth-order valence-corrected chi connectivity index (χ4v) is 3.49. The number of piperidine rings is 1. The number of imide groups is 1. The van der Waals surface area contributed by atoms with Gasteiger partial charge in [-0.25, -0.2) is 4.79 Å². The average Bonchev–Trinajstić information content (AvgIpc) is 2.70. The number of rotatable bonds is 5. The number of amides is 3. The van der Waals surface area contributed by atoms with Crippen LogP contribution in [0.25, 0.3) is 0 Å². The lowest BCUT2D eigenvalue weighted by Crippen LogP contribution is -2.49. The molecule has 1 aliphatic heterocycles. The fourth-order valence-electron chi connectivity index (χ4n) is 3.49. The predicted molar refractivity (Wildman–Crippen MR) is 111 cm³/mol. The van der Waals surface area contributed by atoms with Crippen LogP contribution in [-0.4, -0.2) is 36.0 Å². The summed E-state index contributed by atoms with van der Waals surface area (Å²) in [5, 5.41) is 5.33. The molecule has 1 aliphatic rings. The topological polar surface area (TPSA) is 61.4 Å². The molecule has 0 bridgehead atoms. The van der Waals surface area contributed by atoms with Gasteiger partial charge in [-0.15, -0.1) is 0 Å². The van der Waals surface area contributed by atoms with Gasteiger partial charge in [-0.1, -0.05) is 56.3 Å². The molecular weight excluding hydrogens is 350 g/mol. The Morgan fingerprint density at radius 1 is 1.00 bits per heavy atom. The van der Waals surface area contributed by atoms with Gasteiger partial charge >= 0.3 is 6.03 Å². The Balaban J connectivity index is 1.41. The van der Waals surface area contributed by atoms with Crippen molar-refractivity contribution in [1.82, 2.24) is 15.5 Å². The highest BCUT2D eigenvalue weighted by atomic mass is 16.2. The van der Waals surface area contributed by atoms with Crippen molar-refractivity contribution in [3.8, 4) is 0 Å². The summed E-state index contributed by atoms with van der Waals surface area (Å²) in [6.07, 6.45) is 1.77. The van der Waals surface area contributed by atoms with E-state index in [0.717, 1.165) is 32.5 Å². The summed E-state index contributed by atoms with van der Waals surface area (Å²) in [5.41, 5.74) is 3.17. The largest absolute Gasteiger partial charge is 0.335 e. The minimum absolute atomic E-state index is 0.100. The van der Waals surface area contributed by atoms with Crippen LogP contribution < -0.4 is 10.6 Å². The molecule has 3 amide bonds. The van der Waals surface area contributed by atoms with Crippen molar-refractivity contribution in [2.24, 2.45) is 0 Å². The molecule has 0 aliphatic carbocycles. The molecule has 28 heavy (non-hydrogen) atoms. The first-order chi connectivity index (χ1) is 13.5. The maximum absolute atomic E-state index is 12.1. The Labute approximate surface area is 167 Å². The van der Waals surface area contributed by atoms with E-state index in [4.69, 9.17) is 0 Å². The predicted octanol–water partition coefficient (Wildman–Crippen LogP) is 3.91. The highest BCUT2D eigenvalue weighted by Gasteiger charge is 2.21. The molecule has 5 heteroatoms. The molecule has 1 fully saturated rings. The first-order valence-electron chi connectivity index (χ1n) is 9.99. The summed E-state index contributed by atoms with van der Waals surface area (Å²) in [6, 6.07) is 17.3. The molecule has 1 saturated heterocycles. The molecule has 5 nitrogen and oxygen atoms in total. The first-order valence-corrected chi connectivity index (χ1v) is 9.99. The molecule has 148 valence electrons. The van der Waals surface area contributed by atoms with Crippen LogP contribution in [0.2, 0.25) is 0 Å². The van der Waals surface area contributed by atoms with Crippen molar-refractivity contribution in [3.05, 3.63) is 71.3 Å². The van der Waals surface area contributed by atoms with Gasteiger partial charge in [0.25, 0.3) is 5.91 Å². The van der Waals surface area contributed by atoms with Crippen molar-refractivity contribution < 1.29 is 9.59 Å². The number of hydrogen-bond donors (Lipinski definition) is 2. The maximum atomic E-state index is 12.1. The SMILES string of the molecule is CC(C)c1ccc(CN2CCC(NC(=O)NC(=O)c3ccccc3)CC2)cc1. The molecule has 0 saturated carbocycles. The van der Waals surface area contributed by atoms with E-state index >= 15 is 0 Å². The average molecular weight is 380 g/mol. The summed E-state index contributed by atoms with van der Waals surface area (Å²) >= 11 is 0. The van der Waals surface area contributed by atoms with E-state index in [0.29, 0.717) is 11.5 Å². The third kappa shape index (κ3) is 5.67. The molecular formula is C23H29N3O2. The van der Waals surface area contributed by atoms with Gasteiger partial charge in [0.2, 0.25) is 0 Å². The number of benzene rings is 2. The Morgan fingerprint density at radius 2 is 1.64 bits per heavy atom. The molecule has 2 aromatic rings. The van der Waals surface area contributed by atoms with Crippen molar-refractivity contribution >= 4 is 11.9 Å². The lowest BCUT2D eigenvalue weighted by molar-refractivity contribution is 0.0961. The molecule has 2 N–H and O–H groups in total. The fraction of sp³-hybridized carbons (Fsp3) is 0.391. The molecule has 0 atom stereocenters. The van der Waals surface area contributed by atoms with E-state index in [1.807, 2.05) is 6.07 Å². The monoisotopic (exact) mass is 379 g/mol. The van der Waals surface area contributed by atoms with E-state index in [2.05, 4.69) is 53.6 Å². The molecule has 2 aromatic carbocycles. The van der Waals surface area contributed by atoms with Gasteiger partial charge in [-0.3, -0.25) is 15.0 Å². The Kier molecular flexibility index (Phi) is 6.82. The van der Waals surface area contributed by atoms with E-state index in [9.17, 15) is 9.59 Å². The van der Waals surface area contributed by atoms with Crippen molar-refractivity contribution in [3.63, 3.8) is 0 Å². The van der Waals surface area contributed by atoms with Gasteiger partial charge in [0, 0.05) is 31.2 Å². The first kappa shape index (κ1) is 20.1. The summed E-state index contributed by atoms with van der Waals surface area (Å²) in [7, 11) is 0. The van der Waals surface area contributed by atoms with Crippen LogP contribution in [0.15, 0.2) is 54.6 Å². The zero-order valence-electron chi connectivity index (χ0n) is 16.7. The van der Waals surface area contributed by atoms with E-state index in [1.165, 1.54) is 11.1 Å². The molecule has 0 aromatic heterocycles. The third-order valence-electron chi connectivity index (χ3n) is 5.24. The van der Waals surface area contributed by atoms with Crippen LogP contribution in [0, 0.1) is 0 Å². The number of hydrogen-bond acceptors (Lipinski definition) is 3. The summed E-state index contributed by atoms with van der Waals surface area (Å²) in [6.45, 7) is 7.21. The molecule has 3 rings (SSSR count). The van der Waals surface area contributed by atoms with Crippen LogP contribution in [0.5, 0.6) is 0 Å². The van der Waals surface area contributed by atoms with Gasteiger partial charge in [0.1, 0.15) is 0 Å². The van der Waals surface area contributed by atoms with Crippen LogP contribution in [0.4, 0.5) is 4.79 Å². The molecule has 0 spiro atoms. The lowest BCUT2D eigenvalue weighted by atomic mass is 10.0. The standard InChI is InChI=1S/C23H29N3O2/c1-17(2)19-10-8-18(9-11-19)16-26-14-12-21(13-15-26)24-23(28)25-22(27)20-6-4-3-5-7-20/h3-11,17,21H,12-16H2,1-2H3,(H2,24,25,27,28). The summed E-state index contributed by atoms with van der Waals surface area (Å²) in [4.78, 5) is 26.5. The highest BCUT2D eigenvalue weighted by Crippen LogP contribution is 2.17. The molecule has 0 radical (unpaired) electrons. The van der Waals surface area contributed by atoms with Crippen molar-refractivity contribution in [2.45, 2.75) is 45.2 Å². The minimum Gasteiger partial charge on any atom is -0.335 e. The van der Waals surface area contributed by atoms with Crippen LogP contribution >= 0.6 is 0 Å². The Bertz CT molecular complexity index is 779. The second-order valence-electron chi connectivity index (χ2n) is 7.74. The van der Waals surface area contributed by atoms with Gasteiger partial charge < -0.3 is 5.32 Å². The zero-order chi connectivity index (χ0) is 19.9. The van der Waals surface area contributed by atoms with Gasteiger partial charge in [-0.05, 0) is 42.0 Å². The summed E-state index contributed by atoms with van der Waals surface area (Å²) < 4.78 is 0. The number of nitrogens with one attached hydrogen (secondary N) is 2. The van der Waals surface area contributed by atoms with Crippen molar-refractivity contribution in [2.75, 3.05) is 13.1 Å². The van der Waals surface area contributed by atoms with E-state index in [1.54, 1.807) is 24.3 Å². The minimum atomic E-state index is -0.420. The molecule has 1 heterocycles. The smallest absolute Gasteiger partial charge is 0.321 e. The number of nitrogens with zero attached hydrogens (tertiary/aromatic N) is 1. The number of carbonyl (C=O) groups is 2. The van der Waals surface area contributed by atoms with E-state index in [-0.39, 0.29) is 11.9 Å². The van der Waals surface area contributed by atoms with Crippen LogP contribution in [-0.2, 0) is 6.54 Å². The highest BCUT2D eigenvalue weighted by molar-refractivity contribution is 6.04. The Morgan fingerprint density at radius 3 is 2.25 bits per heavy atom. The van der Waals surface area contributed by atoms with Crippen LogP contribution in [0.1, 0.15) is 54.1 Å².